The second kappa shape index (κ2) is 9.21. The van der Waals surface area contributed by atoms with E-state index in [0.29, 0.717) is 42.0 Å². The van der Waals surface area contributed by atoms with E-state index >= 15 is 0 Å². The van der Waals surface area contributed by atoms with Crippen molar-refractivity contribution in [2.75, 3.05) is 22.7 Å². The maximum atomic E-state index is 13.2. The number of rotatable bonds is 6. The molecule has 1 N–H and O–H groups in total. The summed E-state index contributed by atoms with van der Waals surface area (Å²) in [5.41, 5.74) is 0.461. The lowest BCUT2D eigenvalue weighted by molar-refractivity contribution is -0.384. The second-order valence-electron chi connectivity index (χ2n) is 9.30. The van der Waals surface area contributed by atoms with Crippen LogP contribution in [0.2, 0.25) is 0 Å². The van der Waals surface area contributed by atoms with Crippen LogP contribution < -0.4 is 15.2 Å². The molecule has 186 valence electrons. The minimum Gasteiger partial charge on any atom is -0.365 e. The Hall–Kier alpha value is -3.60. The number of aromatic nitrogens is 2. The average Bonchev–Trinajstić information content (AvgIpc) is 3.01. The van der Waals surface area contributed by atoms with Crippen molar-refractivity contribution >= 4 is 27.1 Å². The van der Waals surface area contributed by atoms with E-state index in [1.54, 1.807) is 42.9 Å². The Bertz CT molecular complexity index is 1420. The number of nitro benzene ring substituents is 1. The van der Waals surface area contributed by atoms with Gasteiger partial charge in [0.05, 0.1) is 21.2 Å². The fourth-order valence-electron chi connectivity index (χ4n) is 4.82. The third-order valence-electron chi connectivity index (χ3n) is 6.45. The van der Waals surface area contributed by atoms with E-state index in [9.17, 15) is 23.3 Å². The topological polar surface area (TPSA) is 119 Å². The summed E-state index contributed by atoms with van der Waals surface area (Å²) in [6, 6.07) is 12.7. The Morgan fingerprint density at radius 1 is 1.06 bits per heavy atom. The van der Waals surface area contributed by atoms with Crippen LogP contribution in [0, 0.1) is 28.9 Å². The maximum absolute atomic E-state index is 13.2. The first-order chi connectivity index (χ1) is 16.5. The Kier molecular flexibility index (Phi) is 6.46. The van der Waals surface area contributed by atoms with E-state index in [1.165, 1.54) is 16.8 Å². The van der Waals surface area contributed by atoms with Gasteiger partial charge in [-0.15, -0.1) is 0 Å². The molecule has 35 heavy (non-hydrogen) atoms. The van der Waals surface area contributed by atoms with Gasteiger partial charge < -0.3 is 4.90 Å². The lowest BCUT2D eigenvalue weighted by Gasteiger charge is -2.36. The SMILES string of the molecule is Cc1c(NS(=O)(=O)c2ccc(N3CC(C)CC(C)C3)c([N+](=O)[O-])c2)c(=O)n(-c2ccccc2)n1C. The molecule has 1 saturated heterocycles. The van der Waals surface area contributed by atoms with Crippen molar-refractivity contribution in [2.45, 2.75) is 32.1 Å². The molecule has 2 unspecified atom stereocenters. The number of hydrogen-bond acceptors (Lipinski definition) is 6. The van der Waals surface area contributed by atoms with Gasteiger partial charge in [-0.3, -0.25) is 24.3 Å². The number of para-hydroxylation sites is 1. The van der Waals surface area contributed by atoms with Gasteiger partial charge in [0.1, 0.15) is 11.4 Å². The van der Waals surface area contributed by atoms with Crippen LogP contribution in [-0.2, 0) is 17.1 Å². The van der Waals surface area contributed by atoms with Crippen molar-refractivity contribution in [1.82, 2.24) is 9.36 Å². The lowest BCUT2D eigenvalue weighted by Crippen LogP contribution is -2.39. The zero-order valence-corrected chi connectivity index (χ0v) is 20.9. The Morgan fingerprint density at radius 3 is 2.29 bits per heavy atom. The molecule has 10 nitrogen and oxygen atoms in total. The molecule has 1 fully saturated rings. The van der Waals surface area contributed by atoms with Gasteiger partial charge in [-0.25, -0.2) is 13.1 Å². The van der Waals surface area contributed by atoms with Gasteiger partial charge in [-0.05, 0) is 49.4 Å². The van der Waals surface area contributed by atoms with Crippen LogP contribution >= 0.6 is 0 Å². The predicted molar refractivity (Wildman–Crippen MR) is 135 cm³/mol. The summed E-state index contributed by atoms with van der Waals surface area (Å²) in [5.74, 6) is 0.743. The molecule has 0 amide bonds. The molecular weight excluding hydrogens is 470 g/mol. The van der Waals surface area contributed by atoms with Crippen LogP contribution in [0.25, 0.3) is 5.69 Å². The van der Waals surface area contributed by atoms with E-state index < -0.39 is 20.5 Å². The number of nitro groups is 1. The zero-order valence-electron chi connectivity index (χ0n) is 20.1. The van der Waals surface area contributed by atoms with E-state index in [2.05, 4.69) is 18.6 Å². The van der Waals surface area contributed by atoms with Crippen LogP contribution in [-0.4, -0.2) is 35.8 Å². The number of hydrogen-bond donors (Lipinski definition) is 1. The van der Waals surface area contributed by atoms with Gasteiger partial charge in [0.15, 0.2) is 0 Å². The lowest BCUT2D eigenvalue weighted by atomic mass is 9.91. The molecule has 4 rings (SSSR count). The van der Waals surface area contributed by atoms with E-state index in [1.807, 2.05) is 11.0 Å². The molecule has 0 radical (unpaired) electrons. The number of sulfonamides is 1. The van der Waals surface area contributed by atoms with Crippen molar-refractivity contribution in [3.63, 3.8) is 0 Å². The number of nitrogens with zero attached hydrogens (tertiary/aromatic N) is 4. The minimum absolute atomic E-state index is 0.109. The summed E-state index contributed by atoms with van der Waals surface area (Å²) < 4.78 is 31.7. The van der Waals surface area contributed by atoms with Crippen molar-refractivity contribution in [3.8, 4) is 5.69 Å². The van der Waals surface area contributed by atoms with Gasteiger partial charge in [-0.1, -0.05) is 32.0 Å². The quantitative estimate of drug-likeness (QED) is 0.408. The predicted octanol–water partition coefficient (Wildman–Crippen LogP) is 3.68. The fourth-order valence-corrected chi connectivity index (χ4v) is 5.96. The molecule has 2 aromatic carbocycles. The van der Waals surface area contributed by atoms with Gasteiger partial charge >= 0.3 is 0 Å². The van der Waals surface area contributed by atoms with Crippen molar-refractivity contribution in [2.24, 2.45) is 18.9 Å². The van der Waals surface area contributed by atoms with Gasteiger partial charge in [0.2, 0.25) is 0 Å². The molecule has 1 aliphatic rings. The first kappa shape index (κ1) is 24.5. The molecule has 0 saturated carbocycles. The summed E-state index contributed by atoms with van der Waals surface area (Å²) in [5, 5.41) is 11.9. The molecule has 0 bridgehead atoms. The van der Waals surface area contributed by atoms with Crippen molar-refractivity contribution in [1.29, 1.82) is 0 Å². The first-order valence-electron chi connectivity index (χ1n) is 11.4. The summed E-state index contributed by atoms with van der Waals surface area (Å²) in [6.45, 7) is 7.15. The van der Waals surface area contributed by atoms with E-state index in [4.69, 9.17) is 0 Å². The van der Waals surface area contributed by atoms with Crippen LogP contribution in [0.3, 0.4) is 0 Å². The smallest absolute Gasteiger partial charge is 0.296 e. The molecule has 0 aliphatic carbocycles. The molecule has 2 heterocycles. The highest BCUT2D eigenvalue weighted by Gasteiger charge is 2.30. The molecule has 2 atom stereocenters. The van der Waals surface area contributed by atoms with Gasteiger partial charge in [-0.2, -0.15) is 0 Å². The normalized spacial score (nSPS) is 18.5. The fraction of sp³-hybridized carbons (Fsp3) is 0.375. The zero-order chi connectivity index (χ0) is 25.5. The standard InChI is InChI=1S/C24H29N5O5S/c1-16-12-17(2)15-27(14-16)21-11-10-20(13-22(21)29(31)32)35(33,34)25-23-18(3)26(4)28(24(23)30)19-8-6-5-7-9-19/h5-11,13,16-17,25H,12,14-15H2,1-4H3. The molecular formula is C24H29N5O5S. The minimum atomic E-state index is -4.27. The van der Waals surface area contributed by atoms with Crippen molar-refractivity contribution in [3.05, 3.63) is 74.7 Å². The monoisotopic (exact) mass is 499 g/mol. The maximum Gasteiger partial charge on any atom is 0.296 e. The molecule has 1 aliphatic heterocycles. The van der Waals surface area contributed by atoms with Gasteiger partial charge in [0, 0.05) is 26.2 Å². The first-order valence-corrected chi connectivity index (χ1v) is 12.9. The van der Waals surface area contributed by atoms with E-state index in [-0.39, 0.29) is 16.3 Å². The highest BCUT2D eigenvalue weighted by atomic mass is 32.2. The highest BCUT2D eigenvalue weighted by molar-refractivity contribution is 7.92. The number of piperidine rings is 1. The Labute approximate surface area is 204 Å². The van der Waals surface area contributed by atoms with Crippen LogP contribution in [0.15, 0.2) is 58.2 Å². The highest BCUT2D eigenvalue weighted by Crippen LogP contribution is 2.35. The van der Waals surface area contributed by atoms with E-state index in [0.717, 1.165) is 12.5 Å². The second-order valence-corrected chi connectivity index (χ2v) is 11.0. The van der Waals surface area contributed by atoms with Crippen LogP contribution in [0.4, 0.5) is 17.1 Å². The molecule has 11 heteroatoms. The third-order valence-corrected chi connectivity index (χ3v) is 7.80. The summed E-state index contributed by atoms with van der Waals surface area (Å²) in [7, 11) is -2.61. The van der Waals surface area contributed by atoms with Crippen LogP contribution in [0.1, 0.15) is 26.0 Å². The van der Waals surface area contributed by atoms with Gasteiger partial charge in [0.25, 0.3) is 21.3 Å². The third kappa shape index (κ3) is 4.68. The molecule has 1 aromatic heterocycles. The van der Waals surface area contributed by atoms with Crippen molar-refractivity contribution < 1.29 is 13.3 Å². The average molecular weight is 500 g/mol. The van der Waals surface area contributed by atoms with Crippen LogP contribution in [0.5, 0.6) is 0 Å². The summed E-state index contributed by atoms with van der Waals surface area (Å²) in [6.07, 6.45) is 1.04. The number of benzene rings is 2. The summed E-state index contributed by atoms with van der Waals surface area (Å²) >= 11 is 0. The Balaban J connectivity index is 1.72. The summed E-state index contributed by atoms with van der Waals surface area (Å²) in [4.78, 5) is 26.1. The Morgan fingerprint density at radius 2 is 1.69 bits per heavy atom. The number of anilines is 2. The molecule has 3 aromatic rings. The molecule has 0 spiro atoms. The number of nitrogens with one attached hydrogen (secondary N) is 1. The largest absolute Gasteiger partial charge is 0.365 e.